The summed E-state index contributed by atoms with van der Waals surface area (Å²) in [4.78, 5) is 11.7. The van der Waals surface area contributed by atoms with E-state index in [1.807, 2.05) is 11.4 Å². The summed E-state index contributed by atoms with van der Waals surface area (Å²) in [6.45, 7) is 0. The van der Waals surface area contributed by atoms with Crippen LogP contribution in [0.3, 0.4) is 0 Å². The maximum atomic E-state index is 11.7. The highest BCUT2D eigenvalue weighted by molar-refractivity contribution is 9.11. The minimum Gasteiger partial charge on any atom is -0.294 e. The van der Waals surface area contributed by atoms with E-state index in [4.69, 9.17) is 0 Å². The van der Waals surface area contributed by atoms with Gasteiger partial charge in [0, 0.05) is 11.5 Å². The fourth-order valence-electron chi connectivity index (χ4n) is 1.36. The zero-order valence-electron chi connectivity index (χ0n) is 6.55. The number of carbonyl (C=O) groups is 1. The van der Waals surface area contributed by atoms with E-state index in [2.05, 4.69) is 15.9 Å². The van der Waals surface area contributed by atoms with Crippen molar-refractivity contribution in [3.05, 3.63) is 20.8 Å². The first-order valence-electron chi connectivity index (χ1n) is 4.06. The van der Waals surface area contributed by atoms with Crippen LogP contribution in [0.1, 0.15) is 29.6 Å². The maximum Gasteiger partial charge on any atom is 0.167 e. The molecule has 0 radical (unpaired) electrons. The molecule has 1 aliphatic rings. The zero-order chi connectivity index (χ0) is 8.55. The molecule has 64 valence electrons. The first kappa shape index (κ1) is 8.45. The van der Waals surface area contributed by atoms with Crippen molar-refractivity contribution >= 4 is 33.0 Å². The minimum atomic E-state index is 0.316. The van der Waals surface area contributed by atoms with Crippen molar-refractivity contribution in [3.63, 3.8) is 0 Å². The Balaban J connectivity index is 2.19. The van der Waals surface area contributed by atoms with Crippen LogP contribution in [-0.2, 0) is 0 Å². The van der Waals surface area contributed by atoms with E-state index in [1.54, 1.807) is 11.3 Å². The number of hydrogen-bond acceptors (Lipinski definition) is 2. The molecule has 1 aromatic heterocycles. The lowest BCUT2D eigenvalue weighted by Gasteiger charge is -2.23. The molecule has 0 unspecified atom stereocenters. The van der Waals surface area contributed by atoms with Crippen molar-refractivity contribution in [1.29, 1.82) is 0 Å². The third kappa shape index (κ3) is 1.36. The average Bonchev–Trinajstić information content (AvgIpc) is 2.31. The monoisotopic (exact) mass is 244 g/mol. The SMILES string of the molecule is O=C(c1ccsc1Br)C1CCC1. The Morgan fingerprint density at radius 2 is 2.33 bits per heavy atom. The first-order valence-corrected chi connectivity index (χ1v) is 5.73. The lowest BCUT2D eigenvalue weighted by Crippen LogP contribution is -2.21. The van der Waals surface area contributed by atoms with Crippen LogP contribution in [0.15, 0.2) is 15.2 Å². The summed E-state index contributed by atoms with van der Waals surface area (Å²) < 4.78 is 0.986. The summed E-state index contributed by atoms with van der Waals surface area (Å²) in [6.07, 6.45) is 3.39. The van der Waals surface area contributed by atoms with Gasteiger partial charge in [-0.15, -0.1) is 11.3 Å². The highest BCUT2D eigenvalue weighted by Gasteiger charge is 2.27. The predicted molar refractivity (Wildman–Crippen MR) is 53.7 cm³/mol. The Hall–Kier alpha value is -0.150. The van der Waals surface area contributed by atoms with Gasteiger partial charge in [-0.3, -0.25) is 4.79 Å². The van der Waals surface area contributed by atoms with Gasteiger partial charge >= 0.3 is 0 Å². The van der Waals surface area contributed by atoms with E-state index < -0.39 is 0 Å². The molecule has 0 amide bonds. The number of thiophene rings is 1. The Labute approximate surface area is 83.9 Å². The number of Topliss-reactive ketones (excluding diaryl/α,β-unsaturated/α-hetero) is 1. The second-order valence-corrected chi connectivity index (χ2v) is 5.33. The molecule has 0 atom stereocenters. The molecule has 0 saturated heterocycles. The second kappa shape index (κ2) is 3.30. The van der Waals surface area contributed by atoms with E-state index in [0.29, 0.717) is 11.7 Å². The Morgan fingerprint density at radius 3 is 2.75 bits per heavy atom. The van der Waals surface area contributed by atoms with Crippen molar-refractivity contribution < 1.29 is 4.79 Å². The van der Waals surface area contributed by atoms with Gasteiger partial charge in [-0.2, -0.15) is 0 Å². The molecule has 3 heteroatoms. The van der Waals surface area contributed by atoms with Gasteiger partial charge in [-0.1, -0.05) is 6.42 Å². The molecule has 0 aliphatic heterocycles. The molecule has 1 fully saturated rings. The van der Waals surface area contributed by atoms with Crippen LogP contribution in [0.25, 0.3) is 0 Å². The molecule has 12 heavy (non-hydrogen) atoms. The topological polar surface area (TPSA) is 17.1 Å². The van der Waals surface area contributed by atoms with Gasteiger partial charge in [0.2, 0.25) is 0 Å². The molecule has 1 heterocycles. The van der Waals surface area contributed by atoms with Crippen molar-refractivity contribution in [2.75, 3.05) is 0 Å². The Bertz CT molecular complexity index is 301. The van der Waals surface area contributed by atoms with Gasteiger partial charge in [0.05, 0.1) is 3.79 Å². The molecule has 0 spiro atoms. The lowest BCUT2D eigenvalue weighted by atomic mass is 9.80. The summed E-state index contributed by atoms with van der Waals surface area (Å²) in [7, 11) is 0. The Morgan fingerprint density at radius 1 is 1.58 bits per heavy atom. The van der Waals surface area contributed by atoms with Crippen LogP contribution in [0.4, 0.5) is 0 Å². The van der Waals surface area contributed by atoms with Crippen molar-refractivity contribution in [1.82, 2.24) is 0 Å². The van der Waals surface area contributed by atoms with Gasteiger partial charge in [-0.05, 0) is 40.2 Å². The number of halogens is 1. The number of rotatable bonds is 2. The molecule has 0 aromatic carbocycles. The van der Waals surface area contributed by atoms with Gasteiger partial charge in [0.1, 0.15) is 0 Å². The first-order chi connectivity index (χ1) is 5.79. The molecule has 0 bridgehead atoms. The van der Waals surface area contributed by atoms with Gasteiger partial charge < -0.3 is 0 Å². The minimum absolute atomic E-state index is 0.316. The van der Waals surface area contributed by atoms with Crippen molar-refractivity contribution in [2.24, 2.45) is 5.92 Å². The molecule has 1 aliphatic carbocycles. The van der Waals surface area contributed by atoms with E-state index in [0.717, 1.165) is 22.2 Å². The second-order valence-electron chi connectivity index (χ2n) is 3.10. The summed E-state index contributed by atoms with van der Waals surface area (Å²) in [5.74, 6) is 0.644. The van der Waals surface area contributed by atoms with Gasteiger partial charge in [0.15, 0.2) is 5.78 Å². The lowest BCUT2D eigenvalue weighted by molar-refractivity contribution is 0.0855. The summed E-state index contributed by atoms with van der Waals surface area (Å²) >= 11 is 4.97. The van der Waals surface area contributed by atoms with Gasteiger partial charge in [-0.25, -0.2) is 0 Å². The van der Waals surface area contributed by atoms with Crippen LogP contribution >= 0.6 is 27.3 Å². The smallest absolute Gasteiger partial charge is 0.167 e. The van der Waals surface area contributed by atoms with Crippen LogP contribution in [0, 0.1) is 5.92 Å². The van der Waals surface area contributed by atoms with E-state index >= 15 is 0 Å². The number of ketones is 1. The normalized spacial score (nSPS) is 17.4. The molecule has 2 rings (SSSR count). The highest BCUT2D eigenvalue weighted by atomic mass is 79.9. The molecular formula is C9H9BrOS. The van der Waals surface area contributed by atoms with Crippen LogP contribution < -0.4 is 0 Å². The maximum absolute atomic E-state index is 11.7. The van der Waals surface area contributed by atoms with E-state index in [1.165, 1.54) is 6.42 Å². The van der Waals surface area contributed by atoms with Gasteiger partial charge in [0.25, 0.3) is 0 Å². The largest absolute Gasteiger partial charge is 0.294 e. The predicted octanol–water partition coefficient (Wildman–Crippen LogP) is 3.49. The number of hydrogen-bond donors (Lipinski definition) is 0. The molecule has 0 N–H and O–H groups in total. The third-order valence-electron chi connectivity index (χ3n) is 2.36. The molecule has 1 nitrogen and oxygen atoms in total. The average molecular weight is 245 g/mol. The van der Waals surface area contributed by atoms with Crippen LogP contribution in [0.5, 0.6) is 0 Å². The third-order valence-corrected chi connectivity index (χ3v) is 4.05. The van der Waals surface area contributed by atoms with Crippen LogP contribution in [-0.4, -0.2) is 5.78 Å². The summed E-state index contributed by atoms with van der Waals surface area (Å²) in [5.41, 5.74) is 0.879. The number of carbonyl (C=O) groups excluding carboxylic acids is 1. The zero-order valence-corrected chi connectivity index (χ0v) is 8.95. The molecular weight excluding hydrogens is 236 g/mol. The summed E-state index contributed by atoms with van der Waals surface area (Å²) in [6, 6.07) is 1.91. The molecule has 1 aromatic rings. The fourth-order valence-corrected chi connectivity index (χ4v) is 2.63. The fraction of sp³-hybridized carbons (Fsp3) is 0.444. The highest BCUT2D eigenvalue weighted by Crippen LogP contribution is 2.33. The van der Waals surface area contributed by atoms with Crippen molar-refractivity contribution in [3.8, 4) is 0 Å². The van der Waals surface area contributed by atoms with Crippen LogP contribution in [0.2, 0.25) is 0 Å². The quantitative estimate of drug-likeness (QED) is 0.729. The van der Waals surface area contributed by atoms with Crippen molar-refractivity contribution in [2.45, 2.75) is 19.3 Å². The standard InChI is InChI=1S/C9H9BrOS/c10-9-7(4-5-12-9)8(11)6-2-1-3-6/h4-6H,1-3H2. The van der Waals surface area contributed by atoms with E-state index in [-0.39, 0.29) is 0 Å². The van der Waals surface area contributed by atoms with E-state index in [9.17, 15) is 4.79 Å². The Kier molecular flexibility index (Phi) is 2.33. The summed E-state index contributed by atoms with van der Waals surface area (Å²) in [5, 5.41) is 1.95. The molecule has 1 saturated carbocycles.